The van der Waals surface area contributed by atoms with E-state index >= 15 is 0 Å². The van der Waals surface area contributed by atoms with Gasteiger partial charge in [-0.3, -0.25) is 4.98 Å². The second-order valence-electron chi connectivity index (χ2n) is 6.75. The van der Waals surface area contributed by atoms with Crippen LogP contribution in [0, 0.1) is 5.41 Å². The number of nitrogens with one attached hydrogen (secondary N) is 1. The van der Waals surface area contributed by atoms with Gasteiger partial charge in [-0.25, -0.2) is 0 Å². The van der Waals surface area contributed by atoms with E-state index in [1.165, 1.54) is 0 Å². The smallest absolute Gasteiger partial charge is 0.0772 e. The lowest BCUT2D eigenvalue weighted by atomic mass is 9.71. The van der Waals surface area contributed by atoms with E-state index < -0.39 is 5.60 Å². The number of hydrogen-bond donors (Lipinski definition) is 2. The van der Waals surface area contributed by atoms with Gasteiger partial charge in [0.1, 0.15) is 0 Å². The highest BCUT2D eigenvalue weighted by molar-refractivity contribution is 5.08. The highest BCUT2D eigenvalue weighted by atomic mass is 16.3. The molecule has 0 aromatic carbocycles. The molecule has 1 aliphatic rings. The summed E-state index contributed by atoms with van der Waals surface area (Å²) in [6.45, 7) is 7.33. The molecule has 0 bridgehead atoms. The van der Waals surface area contributed by atoms with E-state index in [9.17, 15) is 5.11 Å². The van der Waals surface area contributed by atoms with E-state index in [-0.39, 0.29) is 6.04 Å². The Morgan fingerprint density at radius 2 is 1.95 bits per heavy atom. The zero-order valence-electron chi connectivity index (χ0n) is 12.3. The first kappa shape index (κ1) is 14.5. The molecular weight excluding hydrogens is 236 g/mol. The largest absolute Gasteiger partial charge is 0.389 e. The van der Waals surface area contributed by atoms with Crippen LogP contribution < -0.4 is 5.32 Å². The van der Waals surface area contributed by atoms with Crippen LogP contribution in [0.15, 0.2) is 24.4 Å². The van der Waals surface area contributed by atoms with Crippen molar-refractivity contribution in [1.29, 1.82) is 0 Å². The van der Waals surface area contributed by atoms with Crippen molar-refractivity contribution in [3.05, 3.63) is 30.1 Å². The van der Waals surface area contributed by atoms with Crippen LogP contribution >= 0.6 is 0 Å². The monoisotopic (exact) mass is 262 g/mol. The van der Waals surface area contributed by atoms with E-state index in [4.69, 9.17) is 0 Å². The number of rotatable bonds is 4. The Labute approximate surface area is 116 Å². The predicted molar refractivity (Wildman–Crippen MR) is 77.9 cm³/mol. The van der Waals surface area contributed by atoms with Crippen molar-refractivity contribution in [2.24, 2.45) is 5.41 Å². The molecule has 2 rings (SSSR count). The number of aliphatic hydroxyl groups is 1. The molecule has 0 aliphatic heterocycles. The van der Waals surface area contributed by atoms with Crippen LogP contribution in [-0.2, 0) is 0 Å². The molecule has 1 aromatic heterocycles. The maximum absolute atomic E-state index is 10.6. The third-order valence-corrected chi connectivity index (χ3v) is 4.40. The normalized spacial score (nSPS) is 22.9. The first-order chi connectivity index (χ1) is 8.90. The maximum atomic E-state index is 10.6. The van der Waals surface area contributed by atoms with Gasteiger partial charge >= 0.3 is 0 Å². The summed E-state index contributed by atoms with van der Waals surface area (Å²) in [7, 11) is 0. The third kappa shape index (κ3) is 4.02. The molecule has 0 spiro atoms. The van der Waals surface area contributed by atoms with Crippen molar-refractivity contribution < 1.29 is 5.11 Å². The molecule has 3 heteroatoms. The molecule has 1 fully saturated rings. The first-order valence-electron chi connectivity index (χ1n) is 7.27. The van der Waals surface area contributed by atoms with Gasteiger partial charge in [-0.05, 0) is 50.2 Å². The van der Waals surface area contributed by atoms with E-state index in [0.717, 1.165) is 31.4 Å². The number of hydrogen-bond acceptors (Lipinski definition) is 3. The molecular formula is C16H26N2O. The van der Waals surface area contributed by atoms with Gasteiger partial charge in [0, 0.05) is 18.8 Å². The summed E-state index contributed by atoms with van der Waals surface area (Å²) < 4.78 is 0. The quantitative estimate of drug-likeness (QED) is 0.876. The Bertz CT molecular complexity index is 392. The van der Waals surface area contributed by atoms with E-state index in [1.807, 2.05) is 24.4 Å². The summed E-state index contributed by atoms with van der Waals surface area (Å²) in [4.78, 5) is 4.34. The number of pyridine rings is 1. The van der Waals surface area contributed by atoms with Gasteiger partial charge in [-0.15, -0.1) is 0 Å². The Kier molecular flexibility index (Phi) is 4.26. The number of aromatic nitrogens is 1. The fourth-order valence-electron chi connectivity index (χ4n) is 2.65. The Hall–Kier alpha value is -0.930. The standard InChI is InChI=1S/C16H26N2O/c1-13(14-6-4-5-11-17-14)18-12-16(19)9-7-15(2,3)8-10-16/h4-6,11,13,18-19H,7-10,12H2,1-3H3. The summed E-state index contributed by atoms with van der Waals surface area (Å²) in [6.07, 6.45) is 5.79. The van der Waals surface area contributed by atoms with E-state index in [0.29, 0.717) is 12.0 Å². The molecule has 1 saturated carbocycles. The average Bonchev–Trinajstić information content (AvgIpc) is 2.41. The molecule has 106 valence electrons. The van der Waals surface area contributed by atoms with Crippen LogP contribution in [0.5, 0.6) is 0 Å². The van der Waals surface area contributed by atoms with Gasteiger partial charge in [-0.1, -0.05) is 19.9 Å². The van der Waals surface area contributed by atoms with Gasteiger partial charge in [0.25, 0.3) is 0 Å². The summed E-state index contributed by atoms with van der Waals surface area (Å²) >= 11 is 0. The number of nitrogens with zero attached hydrogens (tertiary/aromatic N) is 1. The molecule has 0 amide bonds. The van der Waals surface area contributed by atoms with Crippen molar-refractivity contribution in [2.75, 3.05) is 6.54 Å². The van der Waals surface area contributed by atoms with Crippen LogP contribution in [0.25, 0.3) is 0 Å². The second kappa shape index (κ2) is 5.59. The zero-order chi connectivity index (χ0) is 13.9. The third-order valence-electron chi connectivity index (χ3n) is 4.40. The lowest BCUT2D eigenvalue weighted by molar-refractivity contribution is -0.0258. The predicted octanol–water partition coefficient (Wildman–Crippen LogP) is 3.06. The molecule has 3 nitrogen and oxygen atoms in total. The van der Waals surface area contributed by atoms with Crippen molar-refractivity contribution in [1.82, 2.24) is 10.3 Å². The Morgan fingerprint density at radius 1 is 1.26 bits per heavy atom. The molecule has 1 heterocycles. The molecule has 2 N–H and O–H groups in total. The lowest BCUT2D eigenvalue weighted by Gasteiger charge is -2.40. The first-order valence-corrected chi connectivity index (χ1v) is 7.27. The van der Waals surface area contributed by atoms with Crippen molar-refractivity contribution in [3.63, 3.8) is 0 Å². The highest BCUT2D eigenvalue weighted by Crippen LogP contribution is 2.39. The van der Waals surface area contributed by atoms with Crippen LogP contribution in [-0.4, -0.2) is 22.2 Å². The van der Waals surface area contributed by atoms with E-state index in [2.05, 4.69) is 31.1 Å². The lowest BCUT2D eigenvalue weighted by Crippen LogP contribution is -2.45. The van der Waals surface area contributed by atoms with Crippen LogP contribution in [0.2, 0.25) is 0 Å². The van der Waals surface area contributed by atoms with E-state index in [1.54, 1.807) is 0 Å². The highest BCUT2D eigenvalue weighted by Gasteiger charge is 2.36. The van der Waals surface area contributed by atoms with Crippen molar-refractivity contribution in [3.8, 4) is 0 Å². The van der Waals surface area contributed by atoms with Gasteiger partial charge in [0.15, 0.2) is 0 Å². The molecule has 1 aliphatic carbocycles. The zero-order valence-corrected chi connectivity index (χ0v) is 12.3. The fraction of sp³-hybridized carbons (Fsp3) is 0.688. The van der Waals surface area contributed by atoms with Crippen molar-refractivity contribution >= 4 is 0 Å². The van der Waals surface area contributed by atoms with Crippen LogP contribution in [0.3, 0.4) is 0 Å². The fourth-order valence-corrected chi connectivity index (χ4v) is 2.65. The minimum absolute atomic E-state index is 0.181. The van der Waals surface area contributed by atoms with Crippen LogP contribution in [0.4, 0.5) is 0 Å². The topological polar surface area (TPSA) is 45.1 Å². The second-order valence-corrected chi connectivity index (χ2v) is 6.75. The molecule has 19 heavy (non-hydrogen) atoms. The van der Waals surface area contributed by atoms with Crippen LogP contribution in [0.1, 0.15) is 58.2 Å². The molecule has 1 atom stereocenters. The Balaban J connectivity index is 1.85. The summed E-state index contributed by atoms with van der Waals surface area (Å²) in [5.41, 5.74) is 0.874. The maximum Gasteiger partial charge on any atom is 0.0772 e. The molecule has 0 radical (unpaired) electrons. The summed E-state index contributed by atoms with van der Waals surface area (Å²) in [5, 5.41) is 14.0. The van der Waals surface area contributed by atoms with Gasteiger partial charge in [0.2, 0.25) is 0 Å². The Morgan fingerprint density at radius 3 is 2.53 bits per heavy atom. The SMILES string of the molecule is CC(NCC1(O)CCC(C)(C)CC1)c1ccccn1. The summed E-state index contributed by atoms with van der Waals surface area (Å²) in [5.74, 6) is 0. The minimum Gasteiger partial charge on any atom is -0.389 e. The summed E-state index contributed by atoms with van der Waals surface area (Å²) in [6, 6.07) is 6.12. The molecule has 1 aromatic rings. The van der Waals surface area contributed by atoms with Crippen molar-refractivity contribution in [2.45, 2.75) is 58.1 Å². The molecule has 1 unspecified atom stereocenters. The molecule has 0 saturated heterocycles. The van der Waals surface area contributed by atoms with Gasteiger partial charge in [-0.2, -0.15) is 0 Å². The van der Waals surface area contributed by atoms with Gasteiger partial charge in [0.05, 0.1) is 11.3 Å². The average molecular weight is 262 g/mol. The minimum atomic E-state index is -0.543. The van der Waals surface area contributed by atoms with Gasteiger partial charge < -0.3 is 10.4 Å².